The molecule has 1 saturated heterocycles. The van der Waals surface area contributed by atoms with E-state index in [1.54, 1.807) is 0 Å². The maximum Gasteiger partial charge on any atom is 0.122 e. The number of aryl methyl sites for hydroxylation is 1. The van der Waals surface area contributed by atoms with Crippen LogP contribution in [0.25, 0.3) is 0 Å². The minimum absolute atomic E-state index is 0.124. The zero-order valence-corrected chi connectivity index (χ0v) is 11.3. The van der Waals surface area contributed by atoms with Gasteiger partial charge in [0.2, 0.25) is 0 Å². The highest BCUT2D eigenvalue weighted by atomic mass is 16.5. The van der Waals surface area contributed by atoms with E-state index < -0.39 is 0 Å². The van der Waals surface area contributed by atoms with Gasteiger partial charge in [0.15, 0.2) is 0 Å². The van der Waals surface area contributed by atoms with Crippen molar-refractivity contribution in [2.24, 2.45) is 5.41 Å². The molecule has 4 nitrogen and oxygen atoms in total. The van der Waals surface area contributed by atoms with Crippen molar-refractivity contribution in [2.75, 3.05) is 33.5 Å². The lowest BCUT2D eigenvalue weighted by atomic mass is 9.75. The summed E-state index contributed by atoms with van der Waals surface area (Å²) < 4.78 is 11.0. The van der Waals surface area contributed by atoms with Crippen molar-refractivity contribution in [1.82, 2.24) is 5.32 Å². The van der Waals surface area contributed by atoms with Gasteiger partial charge in [-0.05, 0) is 37.1 Å². The van der Waals surface area contributed by atoms with E-state index in [0.29, 0.717) is 13.2 Å². The quantitative estimate of drug-likeness (QED) is 0.859. The van der Waals surface area contributed by atoms with Crippen LogP contribution in [0.4, 0.5) is 0 Å². The van der Waals surface area contributed by atoms with E-state index >= 15 is 0 Å². The Morgan fingerprint density at radius 3 is 2.89 bits per heavy atom. The molecule has 0 spiro atoms. The minimum atomic E-state index is -0.182. The van der Waals surface area contributed by atoms with Gasteiger partial charge in [-0.2, -0.15) is 0 Å². The zero-order chi connectivity index (χ0) is 13.3. The summed E-state index contributed by atoms with van der Waals surface area (Å²) in [5.41, 5.74) is 2.31. The highest BCUT2D eigenvalue weighted by Gasteiger charge is 2.45. The van der Waals surface area contributed by atoms with Gasteiger partial charge < -0.3 is 19.9 Å². The van der Waals surface area contributed by atoms with Crippen LogP contribution in [0.3, 0.4) is 0 Å². The average molecular weight is 263 g/mol. The molecule has 4 heteroatoms. The summed E-state index contributed by atoms with van der Waals surface area (Å²) in [5, 5.41) is 13.0. The molecule has 1 atom stereocenters. The van der Waals surface area contributed by atoms with Gasteiger partial charge in [0.1, 0.15) is 5.75 Å². The average Bonchev–Trinajstić information content (AvgIpc) is 2.42. The number of hydrogen-bond acceptors (Lipinski definition) is 4. The molecule has 0 bridgehead atoms. The van der Waals surface area contributed by atoms with Gasteiger partial charge in [0.05, 0.1) is 31.8 Å². The second-order valence-electron chi connectivity index (χ2n) is 5.55. The summed E-state index contributed by atoms with van der Waals surface area (Å²) in [4.78, 5) is 0. The van der Waals surface area contributed by atoms with Crippen molar-refractivity contribution in [3.63, 3.8) is 0 Å². The van der Waals surface area contributed by atoms with E-state index in [0.717, 1.165) is 25.2 Å². The minimum Gasteiger partial charge on any atom is -0.493 e. The fourth-order valence-corrected chi connectivity index (χ4v) is 3.10. The monoisotopic (exact) mass is 263 g/mol. The third-order valence-corrected chi connectivity index (χ3v) is 4.26. The number of aliphatic hydroxyl groups is 1. The molecule has 2 N–H and O–H groups in total. The number of benzene rings is 1. The first-order valence-electron chi connectivity index (χ1n) is 6.90. The smallest absolute Gasteiger partial charge is 0.122 e. The Morgan fingerprint density at radius 2 is 2.26 bits per heavy atom. The number of hydrogen-bond donors (Lipinski definition) is 2. The Bertz CT molecular complexity index is 451. The number of nitrogens with one attached hydrogen (secondary N) is 1. The standard InChI is InChI=1S/C15H21NO3/c1-16-14(15(8-17)9-18-10-15)12-4-5-13-11(7-12)3-2-6-19-13/h4-5,7,14,16-17H,2-3,6,8-10H2,1H3. The molecule has 0 aromatic heterocycles. The SMILES string of the molecule is CNC(c1ccc2c(c1)CCCO2)C1(CO)COC1. The Morgan fingerprint density at radius 1 is 1.42 bits per heavy atom. The van der Waals surface area contributed by atoms with Crippen LogP contribution in [0, 0.1) is 5.41 Å². The summed E-state index contributed by atoms with van der Waals surface area (Å²) in [5.74, 6) is 1.01. The Balaban J connectivity index is 1.91. The largest absolute Gasteiger partial charge is 0.493 e. The highest BCUT2D eigenvalue weighted by molar-refractivity contribution is 5.40. The lowest BCUT2D eigenvalue weighted by Crippen LogP contribution is -2.53. The first kappa shape index (κ1) is 12.9. The summed E-state index contributed by atoms with van der Waals surface area (Å²) in [6, 6.07) is 6.49. The van der Waals surface area contributed by atoms with Crippen molar-refractivity contribution in [3.05, 3.63) is 29.3 Å². The fourth-order valence-electron chi connectivity index (χ4n) is 3.10. The molecule has 0 saturated carbocycles. The topological polar surface area (TPSA) is 50.7 Å². The van der Waals surface area contributed by atoms with Crippen molar-refractivity contribution in [3.8, 4) is 5.75 Å². The molecule has 19 heavy (non-hydrogen) atoms. The first-order chi connectivity index (χ1) is 9.29. The summed E-state index contributed by atoms with van der Waals surface area (Å²) in [7, 11) is 1.94. The molecule has 0 amide bonds. The third kappa shape index (κ3) is 2.14. The number of ether oxygens (including phenoxy) is 2. The van der Waals surface area contributed by atoms with Crippen LogP contribution in [0.2, 0.25) is 0 Å². The number of fused-ring (bicyclic) bond motifs is 1. The summed E-state index contributed by atoms with van der Waals surface area (Å²) in [6.07, 6.45) is 2.15. The van der Waals surface area contributed by atoms with Crippen LogP contribution in [-0.4, -0.2) is 38.6 Å². The molecule has 2 heterocycles. The Labute approximate surface area is 113 Å². The normalized spacial score (nSPS) is 22.0. The van der Waals surface area contributed by atoms with E-state index in [9.17, 15) is 5.11 Å². The molecular formula is C15H21NO3. The second kappa shape index (κ2) is 5.12. The predicted molar refractivity (Wildman–Crippen MR) is 72.4 cm³/mol. The molecule has 1 aromatic rings. The van der Waals surface area contributed by atoms with Gasteiger partial charge in [-0.25, -0.2) is 0 Å². The lowest BCUT2D eigenvalue weighted by Gasteiger charge is -2.46. The Kier molecular flexibility index (Phi) is 3.48. The van der Waals surface area contributed by atoms with Crippen LogP contribution < -0.4 is 10.1 Å². The fraction of sp³-hybridized carbons (Fsp3) is 0.600. The number of rotatable bonds is 4. The van der Waals surface area contributed by atoms with Gasteiger partial charge in [0.25, 0.3) is 0 Å². The summed E-state index contributed by atoms with van der Waals surface area (Å²) in [6.45, 7) is 2.19. The van der Waals surface area contributed by atoms with Crippen molar-refractivity contribution < 1.29 is 14.6 Å². The van der Waals surface area contributed by atoms with Crippen molar-refractivity contribution >= 4 is 0 Å². The van der Waals surface area contributed by atoms with Gasteiger partial charge in [-0.15, -0.1) is 0 Å². The summed E-state index contributed by atoms with van der Waals surface area (Å²) >= 11 is 0. The van der Waals surface area contributed by atoms with Crippen LogP contribution in [-0.2, 0) is 11.2 Å². The van der Waals surface area contributed by atoms with E-state index in [2.05, 4.69) is 23.5 Å². The maximum absolute atomic E-state index is 9.69. The van der Waals surface area contributed by atoms with Crippen LogP contribution in [0.15, 0.2) is 18.2 Å². The van der Waals surface area contributed by atoms with Crippen molar-refractivity contribution in [1.29, 1.82) is 0 Å². The molecule has 1 fully saturated rings. The molecule has 1 aromatic carbocycles. The Hall–Kier alpha value is -1.10. The van der Waals surface area contributed by atoms with Crippen LogP contribution >= 0.6 is 0 Å². The van der Waals surface area contributed by atoms with Crippen LogP contribution in [0.1, 0.15) is 23.6 Å². The first-order valence-corrected chi connectivity index (χ1v) is 6.90. The van der Waals surface area contributed by atoms with E-state index in [1.165, 1.54) is 11.1 Å². The van der Waals surface area contributed by atoms with E-state index in [4.69, 9.17) is 9.47 Å². The molecule has 0 radical (unpaired) electrons. The molecule has 3 rings (SSSR count). The van der Waals surface area contributed by atoms with E-state index in [1.807, 2.05) is 7.05 Å². The van der Waals surface area contributed by atoms with Crippen molar-refractivity contribution in [2.45, 2.75) is 18.9 Å². The molecule has 2 aliphatic heterocycles. The van der Waals surface area contributed by atoms with Gasteiger partial charge in [0, 0.05) is 6.04 Å². The van der Waals surface area contributed by atoms with Gasteiger partial charge in [-0.1, -0.05) is 12.1 Å². The van der Waals surface area contributed by atoms with Gasteiger partial charge >= 0.3 is 0 Å². The highest BCUT2D eigenvalue weighted by Crippen LogP contribution is 2.41. The molecule has 2 aliphatic rings. The molecule has 1 unspecified atom stereocenters. The molecular weight excluding hydrogens is 242 g/mol. The second-order valence-corrected chi connectivity index (χ2v) is 5.55. The van der Waals surface area contributed by atoms with E-state index in [-0.39, 0.29) is 18.1 Å². The molecule has 0 aliphatic carbocycles. The van der Waals surface area contributed by atoms with Crippen LogP contribution in [0.5, 0.6) is 5.75 Å². The maximum atomic E-state index is 9.69. The van der Waals surface area contributed by atoms with Gasteiger partial charge in [-0.3, -0.25) is 0 Å². The zero-order valence-electron chi connectivity index (χ0n) is 11.3. The number of aliphatic hydroxyl groups excluding tert-OH is 1. The predicted octanol–water partition coefficient (Wildman–Crippen LogP) is 1.28. The lowest BCUT2D eigenvalue weighted by molar-refractivity contribution is -0.155. The molecule has 104 valence electrons. The third-order valence-electron chi connectivity index (χ3n) is 4.26.